The lowest BCUT2D eigenvalue weighted by Gasteiger charge is -2.20. The second-order valence-electron chi connectivity index (χ2n) is 8.05. The molecule has 1 aromatic heterocycles. The number of ether oxygens (including phenoxy) is 2. The summed E-state index contributed by atoms with van der Waals surface area (Å²) in [5.41, 5.74) is 2.26. The van der Waals surface area contributed by atoms with Gasteiger partial charge in [-0.05, 0) is 38.1 Å². The first kappa shape index (κ1) is 21.4. The van der Waals surface area contributed by atoms with Crippen LogP contribution in [-0.2, 0) is 0 Å². The third kappa shape index (κ3) is 3.31. The highest BCUT2D eigenvalue weighted by molar-refractivity contribution is 6.23. The van der Waals surface area contributed by atoms with E-state index in [1.165, 1.54) is 6.07 Å². The molecule has 0 atom stereocenters. The van der Waals surface area contributed by atoms with Crippen molar-refractivity contribution in [1.82, 2.24) is 9.47 Å². The molecule has 0 saturated carbocycles. The monoisotopic (exact) mass is 461 g/mol. The molecule has 172 valence electrons. The Bertz CT molecular complexity index is 1410. The molecule has 0 radical (unpaired) electrons. The lowest BCUT2D eigenvalue weighted by atomic mass is 10.1. The number of benzene rings is 2. The van der Waals surface area contributed by atoms with Gasteiger partial charge < -0.3 is 14.0 Å². The Balaban J connectivity index is 1.43. The highest BCUT2D eigenvalue weighted by Crippen LogP contribution is 2.34. The van der Waals surface area contributed by atoms with Gasteiger partial charge in [-0.2, -0.15) is 0 Å². The lowest BCUT2D eigenvalue weighted by Crippen LogP contribution is -2.35. The van der Waals surface area contributed by atoms with E-state index in [9.17, 15) is 24.5 Å². The number of imide groups is 1. The molecule has 34 heavy (non-hydrogen) atoms. The van der Waals surface area contributed by atoms with Gasteiger partial charge in [0.05, 0.1) is 22.6 Å². The molecule has 0 bridgehead atoms. The van der Waals surface area contributed by atoms with Crippen molar-refractivity contribution >= 4 is 23.3 Å². The van der Waals surface area contributed by atoms with Gasteiger partial charge in [-0.3, -0.25) is 29.4 Å². The van der Waals surface area contributed by atoms with E-state index in [0.29, 0.717) is 36.0 Å². The molecule has 5 rings (SSSR count). The fraction of sp³-hybridized carbons (Fsp3) is 0.208. The Hall–Kier alpha value is -4.47. The van der Waals surface area contributed by atoms with Crippen LogP contribution in [0.4, 0.5) is 5.69 Å². The first-order valence-corrected chi connectivity index (χ1v) is 10.5. The van der Waals surface area contributed by atoms with Crippen molar-refractivity contribution in [1.29, 1.82) is 0 Å². The number of nitro benzene ring substituents is 1. The van der Waals surface area contributed by atoms with Crippen LogP contribution >= 0.6 is 0 Å². The zero-order valence-corrected chi connectivity index (χ0v) is 18.4. The molecule has 0 aliphatic carbocycles. The number of amides is 2. The summed E-state index contributed by atoms with van der Waals surface area (Å²) in [5.74, 6) is -0.522. The summed E-state index contributed by atoms with van der Waals surface area (Å²) in [6.07, 6.45) is 0. The highest BCUT2D eigenvalue weighted by Gasteiger charge is 2.38. The van der Waals surface area contributed by atoms with Gasteiger partial charge in [0.15, 0.2) is 17.3 Å². The van der Waals surface area contributed by atoms with Crippen LogP contribution in [0.15, 0.2) is 42.5 Å². The third-order valence-electron chi connectivity index (χ3n) is 5.98. The standard InChI is InChI=1S/C24H19N3O7/c1-13-9-18(14(2)26(13)15-4-6-21-22(11-15)34-8-7-33-21)20(28)12-25-23(29)17-5-3-16(27(31)32)10-19(17)24(25)30/h3-6,9-11H,7-8,12H2,1-2H3. The van der Waals surface area contributed by atoms with Gasteiger partial charge in [0.25, 0.3) is 17.5 Å². The van der Waals surface area contributed by atoms with Crippen LogP contribution < -0.4 is 9.47 Å². The summed E-state index contributed by atoms with van der Waals surface area (Å²) in [6, 6.07) is 10.7. The first-order chi connectivity index (χ1) is 16.3. The summed E-state index contributed by atoms with van der Waals surface area (Å²) in [7, 11) is 0. The van der Waals surface area contributed by atoms with Crippen molar-refractivity contribution in [3.63, 3.8) is 0 Å². The minimum absolute atomic E-state index is 0.0464. The minimum Gasteiger partial charge on any atom is -0.486 e. The van der Waals surface area contributed by atoms with Crippen LogP contribution in [0.5, 0.6) is 11.5 Å². The zero-order valence-electron chi connectivity index (χ0n) is 18.4. The van der Waals surface area contributed by atoms with E-state index >= 15 is 0 Å². The van der Waals surface area contributed by atoms with Gasteiger partial charge in [0.1, 0.15) is 13.2 Å². The number of fused-ring (bicyclic) bond motifs is 2. The molecule has 10 nitrogen and oxygen atoms in total. The zero-order chi connectivity index (χ0) is 24.1. The number of Topliss-reactive ketones (excluding diaryl/α,β-unsaturated/α-hetero) is 1. The Labute approximate surface area is 193 Å². The van der Waals surface area contributed by atoms with Crippen molar-refractivity contribution in [3.05, 3.63) is 80.7 Å². The van der Waals surface area contributed by atoms with Crippen LogP contribution in [0.1, 0.15) is 42.5 Å². The van der Waals surface area contributed by atoms with Crippen molar-refractivity contribution < 1.29 is 28.8 Å². The second-order valence-corrected chi connectivity index (χ2v) is 8.05. The Morgan fingerprint density at radius 1 is 0.971 bits per heavy atom. The molecule has 0 spiro atoms. The van der Waals surface area contributed by atoms with Crippen LogP contribution in [0, 0.1) is 24.0 Å². The van der Waals surface area contributed by atoms with Crippen molar-refractivity contribution in [2.75, 3.05) is 19.8 Å². The number of aromatic nitrogens is 1. The molecule has 0 saturated heterocycles. The Kier molecular flexibility index (Phi) is 4.93. The fourth-order valence-corrected chi connectivity index (χ4v) is 4.38. The van der Waals surface area contributed by atoms with Gasteiger partial charge in [-0.1, -0.05) is 0 Å². The normalized spacial score (nSPS) is 14.4. The second kappa shape index (κ2) is 7.84. The average Bonchev–Trinajstić information content (AvgIpc) is 3.26. The number of ketones is 1. The van der Waals surface area contributed by atoms with E-state index in [1.54, 1.807) is 13.0 Å². The van der Waals surface area contributed by atoms with Crippen LogP contribution in [0.3, 0.4) is 0 Å². The average molecular weight is 461 g/mol. The maximum atomic E-state index is 13.2. The number of carbonyl (C=O) groups excluding carboxylic acids is 3. The molecule has 10 heteroatoms. The number of non-ortho nitro benzene ring substituents is 1. The van der Waals surface area contributed by atoms with Gasteiger partial charge in [0.2, 0.25) is 0 Å². The van der Waals surface area contributed by atoms with E-state index in [-0.39, 0.29) is 16.8 Å². The molecule has 0 N–H and O–H groups in total. The molecule has 0 unspecified atom stereocenters. The van der Waals surface area contributed by atoms with Gasteiger partial charge >= 0.3 is 0 Å². The van der Waals surface area contributed by atoms with Crippen LogP contribution in [0.25, 0.3) is 5.69 Å². The maximum absolute atomic E-state index is 13.2. The summed E-state index contributed by atoms with van der Waals surface area (Å²) < 4.78 is 13.1. The summed E-state index contributed by atoms with van der Waals surface area (Å²) >= 11 is 0. The number of nitrogens with zero attached hydrogens (tertiary/aromatic N) is 3. The fourth-order valence-electron chi connectivity index (χ4n) is 4.38. The van der Waals surface area contributed by atoms with Gasteiger partial charge in [0, 0.05) is 40.8 Å². The number of carbonyl (C=O) groups is 3. The topological polar surface area (TPSA) is 121 Å². The van der Waals surface area contributed by atoms with Crippen LogP contribution in [0.2, 0.25) is 0 Å². The molecule has 2 aromatic carbocycles. The molecular formula is C24H19N3O7. The van der Waals surface area contributed by atoms with Crippen LogP contribution in [-0.4, -0.2) is 51.7 Å². The number of nitro groups is 1. The molecule has 2 amide bonds. The smallest absolute Gasteiger partial charge is 0.270 e. The minimum atomic E-state index is -0.724. The van der Waals surface area contributed by atoms with Gasteiger partial charge in [-0.25, -0.2) is 0 Å². The summed E-state index contributed by atoms with van der Waals surface area (Å²) in [6.45, 7) is 4.10. The van der Waals surface area contributed by atoms with E-state index in [0.717, 1.165) is 28.4 Å². The third-order valence-corrected chi connectivity index (χ3v) is 5.98. The van der Waals surface area contributed by atoms with Crippen molar-refractivity contribution in [3.8, 4) is 17.2 Å². The number of hydrogen-bond acceptors (Lipinski definition) is 7. The molecule has 3 aromatic rings. The van der Waals surface area contributed by atoms with E-state index in [4.69, 9.17) is 9.47 Å². The SMILES string of the molecule is Cc1cc(C(=O)CN2C(=O)c3ccc([N+](=O)[O-])cc3C2=O)c(C)n1-c1ccc2c(c1)OCCO2. The highest BCUT2D eigenvalue weighted by atomic mass is 16.6. The maximum Gasteiger partial charge on any atom is 0.270 e. The number of rotatable bonds is 5. The van der Waals surface area contributed by atoms with E-state index in [2.05, 4.69) is 0 Å². The van der Waals surface area contributed by atoms with Crippen molar-refractivity contribution in [2.45, 2.75) is 13.8 Å². The predicted molar refractivity (Wildman–Crippen MR) is 119 cm³/mol. The Morgan fingerprint density at radius 3 is 2.41 bits per heavy atom. The molecule has 3 heterocycles. The number of hydrogen-bond donors (Lipinski definition) is 0. The molecule has 2 aliphatic heterocycles. The quantitative estimate of drug-likeness (QED) is 0.247. The largest absolute Gasteiger partial charge is 0.486 e. The molecule has 0 fully saturated rings. The Morgan fingerprint density at radius 2 is 1.68 bits per heavy atom. The predicted octanol–water partition coefficient (Wildman–Crippen LogP) is 3.25. The molecular weight excluding hydrogens is 442 g/mol. The van der Waals surface area contributed by atoms with E-state index in [1.807, 2.05) is 29.7 Å². The molecule has 2 aliphatic rings. The van der Waals surface area contributed by atoms with Crippen molar-refractivity contribution in [2.24, 2.45) is 0 Å². The summed E-state index contributed by atoms with van der Waals surface area (Å²) in [5, 5.41) is 11.0. The van der Waals surface area contributed by atoms with E-state index < -0.39 is 29.1 Å². The lowest BCUT2D eigenvalue weighted by molar-refractivity contribution is -0.384. The first-order valence-electron chi connectivity index (χ1n) is 10.5. The summed E-state index contributed by atoms with van der Waals surface area (Å²) in [4.78, 5) is 49.9. The van der Waals surface area contributed by atoms with Gasteiger partial charge in [-0.15, -0.1) is 0 Å². The number of aryl methyl sites for hydroxylation is 1.